The number of pyridine rings is 1. The lowest BCUT2D eigenvalue weighted by atomic mass is 10.1. The topological polar surface area (TPSA) is 59.1 Å². The third-order valence-corrected chi connectivity index (χ3v) is 1.80. The van der Waals surface area contributed by atoms with Crippen LogP contribution in [0.25, 0.3) is 0 Å². The number of hydrogen-bond acceptors (Lipinski definition) is 3. The number of rotatable bonds is 3. The zero-order chi connectivity index (χ0) is 8.97. The van der Waals surface area contributed by atoms with Crippen molar-refractivity contribution in [1.82, 2.24) is 4.98 Å². The Morgan fingerprint density at radius 3 is 2.83 bits per heavy atom. The van der Waals surface area contributed by atoms with Gasteiger partial charge in [0.2, 0.25) is 0 Å². The largest absolute Gasteiger partial charge is 0.388 e. The van der Waals surface area contributed by atoms with Crippen LogP contribution in [0.4, 0.5) is 0 Å². The Labute approximate surface area is 76.2 Å². The fraction of sp³-hybridized carbons (Fsp3) is 0.375. The maximum atomic E-state index is 9.45. The third-order valence-electron chi connectivity index (χ3n) is 1.58. The van der Waals surface area contributed by atoms with Gasteiger partial charge in [-0.25, -0.2) is 4.98 Å². The molecule has 0 bridgehead atoms. The van der Waals surface area contributed by atoms with Gasteiger partial charge in [0, 0.05) is 6.20 Å². The molecule has 1 atom stereocenters. The fourth-order valence-corrected chi connectivity index (χ4v) is 1.02. The van der Waals surface area contributed by atoms with Crippen LogP contribution in [0, 0.1) is 0 Å². The minimum Gasteiger partial charge on any atom is -0.388 e. The van der Waals surface area contributed by atoms with Gasteiger partial charge in [0.15, 0.2) is 0 Å². The Morgan fingerprint density at radius 1 is 1.58 bits per heavy atom. The lowest BCUT2D eigenvalue weighted by Crippen LogP contribution is -2.06. The molecule has 0 aliphatic carbocycles. The predicted octanol–water partition coefficient (Wildman–Crippen LogP) is 1.12. The van der Waals surface area contributed by atoms with Crippen LogP contribution in [-0.4, -0.2) is 16.6 Å². The smallest absolute Gasteiger partial charge is 0.129 e. The fourth-order valence-electron chi connectivity index (χ4n) is 0.909. The van der Waals surface area contributed by atoms with E-state index in [1.165, 1.54) is 0 Å². The Hall–Kier alpha value is -0.640. The number of aromatic nitrogens is 1. The molecule has 1 heterocycles. The molecule has 66 valence electrons. The Morgan fingerprint density at radius 2 is 2.33 bits per heavy atom. The number of hydrogen-bond donors (Lipinski definition) is 2. The van der Waals surface area contributed by atoms with Gasteiger partial charge in [-0.2, -0.15) is 0 Å². The molecule has 3 nitrogen and oxygen atoms in total. The average molecular weight is 187 g/mol. The van der Waals surface area contributed by atoms with Crippen molar-refractivity contribution in [2.45, 2.75) is 12.5 Å². The maximum Gasteiger partial charge on any atom is 0.129 e. The molecular weight excluding hydrogens is 176 g/mol. The standard InChI is InChI=1S/C8H11ClN2O/c9-8-2-1-6(5-11-8)7(12)3-4-10/h1-2,5,7,12H,3-4,10H2/t7-/m1/s1. The van der Waals surface area contributed by atoms with E-state index < -0.39 is 6.10 Å². The first-order valence-electron chi connectivity index (χ1n) is 3.73. The van der Waals surface area contributed by atoms with Gasteiger partial charge in [0.25, 0.3) is 0 Å². The monoisotopic (exact) mass is 186 g/mol. The van der Waals surface area contributed by atoms with E-state index in [1.54, 1.807) is 18.3 Å². The van der Waals surface area contributed by atoms with E-state index in [0.717, 1.165) is 5.56 Å². The van der Waals surface area contributed by atoms with E-state index in [2.05, 4.69) is 4.98 Å². The van der Waals surface area contributed by atoms with E-state index in [0.29, 0.717) is 18.1 Å². The predicted molar refractivity (Wildman–Crippen MR) is 47.9 cm³/mol. The second-order valence-corrected chi connectivity index (χ2v) is 2.89. The van der Waals surface area contributed by atoms with Crippen LogP contribution < -0.4 is 5.73 Å². The van der Waals surface area contributed by atoms with Crippen LogP contribution in [0.2, 0.25) is 5.15 Å². The highest BCUT2D eigenvalue weighted by atomic mass is 35.5. The van der Waals surface area contributed by atoms with Gasteiger partial charge in [-0.3, -0.25) is 0 Å². The van der Waals surface area contributed by atoms with Gasteiger partial charge in [0.1, 0.15) is 5.15 Å². The molecule has 1 rings (SSSR count). The van der Waals surface area contributed by atoms with Crippen molar-refractivity contribution >= 4 is 11.6 Å². The van der Waals surface area contributed by atoms with Crippen LogP contribution in [0.3, 0.4) is 0 Å². The highest BCUT2D eigenvalue weighted by Crippen LogP contribution is 2.15. The molecule has 1 aromatic heterocycles. The zero-order valence-electron chi connectivity index (χ0n) is 6.57. The van der Waals surface area contributed by atoms with Crippen LogP contribution >= 0.6 is 11.6 Å². The van der Waals surface area contributed by atoms with Gasteiger partial charge < -0.3 is 10.8 Å². The summed E-state index contributed by atoms with van der Waals surface area (Å²) in [5.74, 6) is 0. The number of nitrogens with zero attached hydrogens (tertiary/aromatic N) is 1. The van der Waals surface area contributed by atoms with E-state index in [4.69, 9.17) is 17.3 Å². The zero-order valence-corrected chi connectivity index (χ0v) is 7.33. The molecule has 0 radical (unpaired) electrons. The molecule has 0 aliphatic heterocycles. The lowest BCUT2D eigenvalue weighted by Gasteiger charge is -2.07. The molecule has 0 saturated carbocycles. The van der Waals surface area contributed by atoms with E-state index in [9.17, 15) is 5.11 Å². The van der Waals surface area contributed by atoms with Crippen molar-refractivity contribution in [2.75, 3.05) is 6.54 Å². The second-order valence-electron chi connectivity index (χ2n) is 2.51. The molecular formula is C8H11ClN2O. The second kappa shape index (κ2) is 4.40. The van der Waals surface area contributed by atoms with Crippen LogP contribution in [0.15, 0.2) is 18.3 Å². The minimum absolute atomic E-state index is 0.429. The Balaban J connectivity index is 2.68. The van der Waals surface area contributed by atoms with Gasteiger partial charge >= 0.3 is 0 Å². The summed E-state index contributed by atoms with van der Waals surface area (Å²) in [7, 11) is 0. The molecule has 12 heavy (non-hydrogen) atoms. The van der Waals surface area contributed by atoms with E-state index in [1.807, 2.05) is 0 Å². The summed E-state index contributed by atoms with van der Waals surface area (Å²) in [5.41, 5.74) is 6.04. The van der Waals surface area contributed by atoms with Crippen LogP contribution in [0.5, 0.6) is 0 Å². The number of halogens is 1. The highest BCUT2D eigenvalue weighted by molar-refractivity contribution is 6.29. The quantitative estimate of drug-likeness (QED) is 0.696. The van der Waals surface area contributed by atoms with Gasteiger partial charge in [-0.15, -0.1) is 0 Å². The summed E-state index contributed by atoms with van der Waals surface area (Å²) in [5, 5.41) is 9.88. The van der Waals surface area contributed by atoms with Crippen LogP contribution in [0.1, 0.15) is 18.1 Å². The van der Waals surface area contributed by atoms with Gasteiger partial charge in [-0.05, 0) is 24.6 Å². The van der Waals surface area contributed by atoms with E-state index in [-0.39, 0.29) is 0 Å². The summed E-state index contributed by atoms with van der Waals surface area (Å²) >= 11 is 5.58. The highest BCUT2D eigenvalue weighted by Gasteiger charge is 2.05. The minimum atomic E-state index is -0.528. The van der Waals surface area contributed by atoms with E-state index >= 15 is 0 Å². The molecule has 0 aliphatic rings. The third kappa shape index (κ3) is 2.44. The molecule has 0 unspecified atom stereocenters. The maximum absolute atomic E-state index is 9.45. The molecule has 0 spiro atoms. The number of nitrogens with two attached hydrogens (primary N) is 1. The van der Waals surface area contributed by atoms with Gasteiger partial charge in [-0.1, -0.05) is 17.7 Å². The average Bonchev–Trinajstić information content (AvgIpc) is 2.06. The van der Waals surface area contributed by atoms with Crippen LogP contribution in [-0.2, 0) is 0 Å². The van der Waals surface area contributed by atoms with Crippen molar-refractivity contribution in [3.05, 3.63) is 29.0 Å². The molecule has 0 aromatic carbocycles. The summed E-state index contributed by atoms with van der Waals surface area (Å²) in [6, 6.07) is 3.40. The van der Waals surface area contributed by atoms with Crippen molar-refractivity contribution < 1.29 is 5.11 Å². The SMILES string of the molecule is NCC[C@@H](O)c1ccc(Cl)nc1. The van der Waals surface area contributed by atoms with Crippen molar-refractivity contribution in [2.24, 2.45) is 5.73 Å². The summed E-state index contributed by atoms with van der Waals surface area (Å²) in [6.45, 7) is 0.462. The normalized spacial score (nSPS) is 12.9. The van der Waals surface area contributed by atoms with Crippen molar-refractivity contribution in [3.8, 4) is 0 Å². The molecule has 0 fully saturated rings. The summed E-state index contributed by atoms with van der Waals surface area (Å²) in [4.78, 5) is 3.85. The molecule has 0 saturated heterocycles. The summed E-state index contributed by atoms with van der Waals surface area (Å²) in [6.07, 6.45) is 1.58. The molecule has 1 aromatic rings. The van der Waals surface area contributed by atoms with Crippen molar-refractivity contribution in [3.63, 3.8) is 0 Å². The first kappa shape index (κ1) is 9.45. The first-order chi connectivity index (χ1) is 5.74. The molecule has 3 N–H and O–H groups in total. The molecule has 4 heteroatoms. The number of aliphatic hydroxyl groups excluding tert-OH is 1. The lowest BCUT2D eigenvalue weighted by molar-refractivity contribution is 0.170. The number of aliphatic hydroxyl groups is 1. The van der Waals surface area contributed by atoms with Crippen molar-refractivity contribution in [1.29, 1.82) is 0 Å². The van der Waals surface area contributed by atoms with Gasteiger partial charge in [0.05, 0.1) is 6.10 Å². The Kier molecular flexibility index (Phi) is 3.47. The Bertz CT molecular complexity index is 237. The first-order valence-corrected chi connectivity index (χ1v) is 4.11. The molecule has 0 amide bonds. The summed E-state index contributed by atoms with van der Waals surface area (Å²) < 4.78 is 0.